The van der Waals surface area contributed by atoms with Crippen LogP contribution in [0.5, 0.6) is 0 Å². The summed E-state index contributed by atoms with van der Waals surface area (Å²) in [4.78, 5) is 4.39. The summed E-state index contributed by atoms with van der Waals surface area (Å²) >= 11 is 3.40. The van der Waals surface area contributed by atoms with Gasteiger partial charge in [-0.15, -0.1) is 0 Å². The molecular weight excluding hydrogens is 214 g/mol. The number of benzene rings is 1. The number of rotatable bonds is 1. The zero-order valence-corrected chi connectivity index (χ0v) is 8.72. The molecule has 2 heteroatoms. The first kappa shape index (κ1) is 7.99. The van der Waals surface area contributed by atoms with Crippen LogP contribution < -0.4 is 0 Å². The summed E-state index contributed by atoms with van der Waals surface area (Å²) in [5.41, 5.74) is 2.55. The van der Waals surface area contributed by atoms with E-state index in [0.29, 0.717) is 0 Å². The number of hydrogen-bond donors (Lipinski definition) is 0. The van der Waals surface area contributed by atoms with E-state index in [1.54, 1.807) is 0 Å². The predicted molar refractivity (Wildman–Crippen MR) is 54.8 cm³/mol. The Balaban J connectivity index is 2.27. The summed E-state index contributed by atoms with van der Waals surface area (Å²) in [6, 6.07) is 8.29. The molecule has 1 aliphatic rings. The molecule has 0 unspecified atom stereocenters. The van der Waals surface area contributed by atoms with Gasteiger partial charge >= 0.3 is 0 Å². The van der Waals surface area contributed by atoms with E-state index in [1.807, 2.05) is 12.1 Å². The lowest BCUT2D eigenvalue weighted by Crippen LogP contribution is -2.07. The Morgan fingerprint density at radius 2 is 1.67 bits per heavy atom. The molecule has 0 fully saturated rings. The fourth-order valence-electron chi connectivity index (χ4n) is 1.28. The maximum absolute atomic E-state index is 4.39. The van der Waals surface area contributed by atoms with Crippen LogP contribution in [0.15, 0.2) is 33.7 Å². The lowest BCUT2D eigenvalue weighted by molar-refractivity contribution is 0.825. The van der Waals surface area contributed by atoms with Crippen LogP contribution in [-0.4, -0.2) is 11.3 Å². The van der Waals surface area contributed by atoms with E-state index in [9.17, 15) is 0 Å². The van der Waals surface area contributed by atoms with Crippen molar-refractivity contribution in [1.29, 1.82) is 0 Å². The Kier molecular flexibility index (Phi) is 1.62. The molecule has 0 spiro atoms. The monoisotopic (exact) mass is 223 g/mol. The minimum Gasteiger partial charge on any atom is -0.274 e. The van der Waals surface area contributed by atoms with Gasteiger partial charge in [0.15, 0.2) is 0 Å². The van der Waals surface area contributed by atoms with Crippen molar-refractivity contribution >= 4 is 21.6 Å². The van der Waals surface area contributed by atoms with Crippen LogP contribution in [0.25, 0.3) is 0 Å². The number of halogens is 1. The SMILES string of the molecule is CC1(C)N=C1c1ccc(Br)cc1. The van der Waals surface area contributed by atoms with Gasteiger partial charge in [-0.05, 0) is 31.5 Å². The third-order valence-electron chi connectivity index (χ3n) is 2.04. The second kappa shape index (κ2) is 2.43. The largest absolute Gasteiger partial charge is 0.274 e. The van der Waals surface area contributed by atoms with Gasteiger partial charge in [0.1, 0.15) is 0 Å². The maximum Gasteiger partial charge on any atom is 0.0976 e. The van der Waals surface area contributed by atoms with E-state index in [1.165, 1.54) is 11.3 Å². The normalized spacial score (nSPS) is 18.8. The van der Waals surface area contributed by atoms with Crippen molar-refractivity contribution in [2.24, 2.45) is 4.99 Å². The molecule has 1 aliphatic heterocycles. The highest BCUT2D eigenvalue weighted by Gasteiger charge is 2.37. The molecule has 1 aromatic carbocycles. The van der Waals surface area contributed by atoms with Crippen molar-refractivity contribution in [3.63, 3.8) is 0 Å². The summed E-state index contributed by atoms with van der Waals surface area (Å²) in [5.74, 6) is 0. The molecule has 62 valence electrons. The molecule has 0 amide bonds. The van der Waals surface area contributed by atoms with Crippen molar-refractivity contribution < 1.29 is 0 Å². The van der Waals surface area contributed by atoms with E-state index in [0.717, 1.165) is 4.47 Å². The van der Waals surface area contributed by atoms with Gasteiger partial charge in [-0.3, -0.25) is 4.99 Å². The Bertz CT molecular complexity index is 335. The molecular formula is C10H10BrN. The maximum atomic E-state index is 4.39. The molecule has 12 heavy (non-hydrogen) atoms. The Hall–Kier alpha value is -0.630. The van der Waals surface area contributed by atoms with E-state index in [-0.39, 0.29) is 5.54 Å². The molecule has 2 rings (SSSR count). The highest BCUT2D eigenvalue weighted by atomic mass is 79.9. The third kappa shape index (κ3) is 1.31. The lowest BCUT2D eigenvalue weighted by atomic mass is 10.0. The summed E-state index contributed by atoms with van der Waals surface area (Å²) in [7, 11) is 0. The topological polar surface area (TPSA) is 12.4 Å². The van der Waals surface area contributed by atoms with Gasteiger partial charge < -0.3 is 0 Å². The quantitative estimate of drug-likeness (QED) is 0.695. The van der Waals surface area contributed by atoms with Crippen molar-refractivity contribution in [2.45, 2.75) is 19.4 Å². The zero-order chi connectivity index (χ0) is 8.77. The van der Waals surface area contributed by atoms with Gasteiger partial charge in [-0.25, -0.2) is 0 Å². The van der Waals surface area contributed by atoms with Gasteiger partial charge in [0.05, 0.1) is 11.3 Å². The van der Waals surface area contributed by atoms with Crippen molar-refractivity contribution in [1.82, 2.24) is 0 Å². The van der Waals surface area contributed by atoms with Gasteiger partial charge in [0.25, 0.3) is 0 Å². The number of hydrogen-bond acceptors (Lipinski definition) is 1. The van der Waals surface area contributed by atoms with Crippen LogP contribution >= 0.6 is 15.9 Å². The first-order chi connectivity index (χ1) is 5.59. The fourth-order valence-corrected chi connectivity index (χ4v) is 1.54. The summed E-state index contributed by atoms with van der Waals surface area (Å²) < 4.78 is 1.12. The molecule has 0 atom stereocenters. The van der Waals surface area contributed by atoms with E-state index in [2.05, 4.69) is 46.9 Å². The summed E-state index contributed by atoms with van der Waals surface area (Å²) in [6.45, 7) is 4.26. The third-order valence-corrected chi connectivity index (χ3v) is 2.57. The van der Waals surface area contributed by atoms with Crippen LogP contribution in [-0.2, 0) is 0 Å². The van der Waals surface area contributed by atoms with Crippen LogP contribution in [0, 0.1) is 0 Å². The van der Waals surface area contributed by atoms with E-state index >= 15 is 0 Å². The predicted octanol–water partition coefficient (Wildman–Crippen LogP) is 3.03. The molecule has 0 saturated carbocycles. The second-order valence-electron chi connectivity index (χ2n) is 3.53. The van der Waals surface area contributed by atoms with Crippen LogP contribution in [0.3, 0.4) is 0 Å². The molecule has 0 N–H and O–H groups in total. The van der Waals surface area contributed by atoms with Crippen molar-refractivity contribution in [3.05, 3.63) is 34.3 Å². The minimum absolute atomic E-state index is 0.0911. The molecule has 1 aromatic rings. The first-order valence-corrected chi connectivity index (χ1v) is 4.75. The average Bonchev–Trinajstić information content (AvgIpc) is 2.61. The zero-order valence-electron chi connectivity index (χ0n) is 7.13. The molecule has 0 radical (unpaired) electrons. The van der Waals surface area contributed by atoms with E-state index < -0.39 is 0 Å². The van der Waals surface area contributed by atoms with Crippen LogP contribution in [0.1, 0.15) is 19.4 Å². The molecule has 0 aromatic heterocycles. The fraction of sp³-hybridized carbons (Fsp3) is 0.300. The molecule has 0 bridgehead atoms. The second-order valence-corrected chi connectivity index (χ2v) is 4.44. The first-order valence-electron chi connectivity index (χ1n) is 3.96. The van der Waals surface area contributed by atoms with Crippen molar-refractivity contribution in [3.8, 4) is 0 Å². The van der Waals surface area contributed by atoms with Gasteiger partial charge in [-0.2, -0.15) is 0 Å². The number of aliphatic imine (C=N–C) groups is 1. The van der Waals surface area contributed by atoms with Crippen LogP contribution in [0.4, 0.5) is 0 Å². The molecule has 0 saturated heterocycles. The van der Waals surface area contributed by atoms with Crippen LogP contribution in [0.2, 0.25) is 0 Å². The van der Waals surface area contributed by atoms with Gasteiger partial charge in [0, 0.05) is 4.47 Å². The smallest absolute Gasteiger partial charge is 0.0976 e. The van der Waals surface area contributed by atoms with E-state index in [4.69, 9.17) is 0 Å². The Labute approximate surface area is 80.6 Å². The standard InChI is InChI=1S/C10H10BrN/c1-10(2)9(12-10)7-3-5-8(11)6-4-7/h3-6H,1-2H3. The average molecular weight is 224 g/mol. The van der Waals surface area contributed by atoms with Gasteiger partial charge in [-0.1, -0.05) is 28.1 Å². The Morgan fingerprint density at radius 1 is 1.17 bits per heavy atom. The summed E-state index contributed by atoms with van der Waals surface area (Å²) in [6.07, 6.45) is 0. The van der Waals surface area contributed by atoms with Gasteiger partial charge in [0.2, 0.25) is 0 Å². The molecule has 1 heterocycles. The highest BCUT2D eigenvalue weighted by molar-refractivity contribution is 9.10. The molecule has 0 aliphatic carbocycles. The minimum atomic E-state index is 0.0911. The molecule has 1 nitrogen and oxygen atoms in total. The highest BCUT2D eigenvalue weighted by Crippen LogP contribution is 2.31. The summed E-state index contributed by atoms with van der Waals surface area (Å²) in [5, 5.41) is 0. The Morgan fingerprint density at radius 3 is 2.08 bits per heavy atom. The lowest BCUT2D eigenvalue weighted by Gasteiger charge is -1.99. The number of nitrogens with zero attached hydrogens (tertiary/aromatic N) is 1. The van der Waals surface area contributed by atoms with Crippen molar-refractivity contribution in [2.75, 3.05) is 0 Å².